The van der Waals surface area contributed by atoms with E-state index in [2.05, 4.69) is 32.4 Å². The summed E-state index contributed by atoms with van der Waals surface area (Å²) in [7, 11) is 0. The van der Waals surface area contributed by atoms with E-state index in [1.807, 2.05) is 48.2 Å². The maximum Gasteiger partial charge on any atom is 0.275 e. The number of pyridine rings is 1. The average Bonchev–Trinajstić information content (AvgIpc) is 3.36. The molecule has 3 fully saturated rings. The van der Waals surface area contributed by atoms with Gasteiger partial charge >= 0.3 is 0 Å². The molecule has 0 spiro atoms. The Labute approximate surface area is 197 Å². The van der Waals surface area contributed by atoms with Crippen LogP contribution >= 0.6 is 0 Å². The first-order chi connectivity index (χ1) is 16.6. The van der Waals surface area contributed by atoms with Gasteiger partial charge in [-0.15, -0.1) is 4.80 Å². The number of aromatic nitrogens is 6. The minimum Gasteiger partial charge on any atom is -0.367 e. The Kier molecular flexibility index (Phi) is 4.97. The normalized spacial score (nSPS) is 23.5. The van der Waals surface area contributed by atoms with Crippen molar-refractivity contribution in [3.63, 3.8) is 0 Å². The number of rotatable bonds is 5. The second kappa shape index (κ2) is 8.16. The zero-order valence-corrected chi connectivity index (χ0v) is 19.2. The van der Waals surface area contributed by atoms with Crippen LogP contribution < -0.4 is 5.32 Å². The van der Waals surface area contributed by atoms with E-state index in [-0.39, 0.29) is 18.0 Å². The second-order valence-corrected chi connectivity index (χ2v) is 9.29. The number of nitrogens with zero attached hydrogens (tertiary/aromatic N) is 7. The van der Waals surface area contributed by atoms with E-state index in [0.717, 1.165) is 29.6 Å². The summed E-state index contributed by atoms with van der Waals surface area (Å²) in [5.41, 5.74) is 3.49. The van der Waals surface area contributed by atoms with E-state index in [1.165, 1.54) is 4.80 Å². The third-order valence-electron chi connectivity index (χ3n) is 7.28. The zero-order valence-electron chi connectivity index (χ0n) is 19.2. The molecule has 4 aromatic rings. The highest BCUT2D eigenvalue weighted by atomic mass is 16.2. The molecule has 1 aliphatic carbocycles. The molecule has 1 amide bonds. The van der Waals surface area contributed by atoms with Gasteiger partial charge in [0.05, 0.1) is 35.7 Å². The molecular weight excluding hydrogens is 428 g/mol. The number of hydrogen-bond acceptors (Lipinski definition) is 7. The molecule has 7 rings (SSSR count). The third-order valence-corrected chi connectivity index (χ3v) is 7.28. The van der Waals surface area contributed by atoms with E-state index >= 15 is 0 Å². The van der Waals surface area contributed by atoms with Gasteiger partial charge in [0.2, 0.25) is 0 Å². The number of carbonyl (C=O) groups excluding carboxylic acids is 1. The Morgan fingerprint density at radius 1 is 1.06 bits per heavy atom. The lowest BCUT2D eigenvalue weighted by Crippen LogP contribution is -2.64. The molecule has 1 aromatic carbocycles. The van der Waals surface area contributed by atoms with Crippen molar-refractivity contribution in [3.8, 4) is 5.69 Å². The number of aryl methyl sites for hydroxylation is 1. The molecule has 0 radical (unpaired) electrons. The Morgan fingerprint density at radius 2 is 1.82 bits per heavy atom. The first kappa shape index (κ1) is 20.7. The highest BCUT2D eigenvalue weighted by molar-refractivity contribution is 5.96. The Morgan fingerprint density at radius 3 is 2.62 bits per heavy atom. The predicted molar refractivity (Wildman–Crippen MR) is 128 cm³/mol. The van der Waals surface area contributed by atoms with Crippen LogP contribution in [0.4, 0.5) is 5.82 Å². The van der Waals surface area contributed by atoms with E-state index in [1.54, 1.807) is 18.6 Å². The van der Waals surface area contributed by atoms with Gasteiger partial charge in [0.25, 0.3) is 5.91 Å². The number of nitrogens with one attached hydrogen (secondary N) is 1. The van der Waals surface area contributed by atoms with Crippen molar-refractivity contribution >= 4 is 22.8 Å². The average molecular weight is 455 g/mol. The third kappa shape index (κ3) is 3.48. The smallest absolute Gasteiger partial charge is 0.275 e. The molecule has 2 saturated heterocycles. The van der Waals surface area contributed by atoms with Crippen LogP contribution in [-0.2, 0) is 0 Å². The van der Waals surface area contributed by atoms with Gasteiger partial charge in [-0.1, -0.05) is 19.1 Å². The minimum absolute atomic E-state index is 0.0269. The standard InChI is InChI=1S/C25H26N8O/c1-15-7-8-21(33-28-9-10-29-33)24(30-15)25(34)32-18-11-17(12-18)16(2)22(32)13-27-23-14-26-19-5-3-4-6-20(19)31-23/h3-10,14,16-18,22H,11-13H2,1-2H3,(H,27,31). The van der Waals surface area contributed by atoms with Crippen molar-refractivity contribution in [2.24, 2.45) is 11.8 Å². The van der Waals surface area contributed by atoms with Crippen molar-refractivity contribution in [3.05, 3.63) is 66.4 Å². The highest BCUT2D eigenvalue weighted by Gasteiger charge is 2.51. The largest absolute Gasteiger partial charge is 0.367 e. The van der Waals surface area contributed by atoms with Gasteiger partial charge in [-0.05, 0) is 55.9 Å². The SMILES string of the molecule is Cc1ccc(-n2nccn2)c(C(=O)N2C3CC(C3)C(C)C2CNc2cnc3ccccc3n2)n1. The maximum absolute atomic E-state index is 14.0. The van der Waals surface area contributed by atoms with Crippen LogP contribution in [0, 0.1) is 18.8 Å². The van der Waals surface area contributed by atoms with Crippen molar-refractivity contribution < 1.29 is 4.79 Å². The summed E-state index contributed by atoms with van der Waals surface area (Å²) in [6.07, 6.45) is 7.04. The van der Waals surface area contributed by atoms with Crippen LogP contribution in [0.5, 0.6) is 0 Å². The molecular formula is C25H26N8O. The number of fused-ring (bicyclic) bond motifs is 3. The molecule has 1 N–H and O–H groups in total. The van der Waals surface area contributed by atoms with Crippen LogP contribution in [0.1, 0.15) is 35.9 Å². The van der Waals surface area contributed by atoms with E-state index in [0.29, 0.717) is 35.6 Å². The van der Waals surface area contributed by atoms with Crippen molar-refractivity contribution in [2.75, 3.05) is 11.9 Å². The van der Waals surface area contributed by atoms with Gasteiger partial charge in [-0.3, -0.25) is 9.78 Å². The lowest BCUT2D eigenvalue weighted by molar-refractivity contribution is -0.0505. The summed E-state index contributed by atoms with van der Waals surface area (Å²) < 4.78 is 0. The number of benzene rings is 1. The summed E-state index contributed by atoms with van der Waals surface area (Å²) >= 11 is 0. The molecule has 5 heterocycles. The Balaban J connectivity index is 1.30. The molecule has 172 valence electrons. The maximum atomic E-state index is 14.0. The zero-order chi connectivity index (χ0) is 23.2. The van der Waals surface area contributed by atoms with Gasteiger partial charge in [-0.25, -0.2) is 9.97 Å². The fraction of sp³-hybridized carbons (Fsp3) is 0.360. The lowest BCUT2D eigenvalue weighted by atomic mass is 9.64. The summed E-state index contributed by atoms with van der Waals surface area (Å²) in [4.78, 5) is 31.3. The fourth-order valence-electron chi connectivity index (χ4n) is 5.31. The quantitative estimate of drug-likeness (QED) is 0.494. The summed E-state index contributed by atoms with van der Waals surface area (Å²) in [5.74, 6) is 1.65. The van der Waals surface area contributed by atoms with E-state index in [9.17, 15) is 4.79 Å². The second-order valence-electron chi connectivity index (χ2n) is 9.29. The molecule has 2 aliphatic heterocycles. The van der Waals surface area contributed by atoms with Crippen LogP contribution in [-0.4, -0.2) is 59.4 Å². The molecule has 2 atom stereocenters. The van der Waals surface area contributed by atoms with Crippen LogP contribution in [0.2, 0.25) is 0 Å². The lowest BCUT2D eigenvalue weighted by Gasteiger charge is -2.57. The number of anilines is 1. The Hall–Kier alpha value is -3.88. The monoisotopic (exact) mass is 454 g/mol. The summed E-state index contributed by atoms with van der Waals surface area (Å²) in [6.45, 7) is 4.75. The topological polar surface area (TPSA) is 102 Å². The van der Waals surface area contributed by atoms with Crippen molar-refractivity contribution in [1.82, 2.24) is 34.8 Å². The van der Waals surface area contributed by atoms with Gasteiger partial charge in [-0.2, -0.15) is 10.2 Å². The van der Waals surface area contributed by atoms with Gasteiger partial charge in [0.15, 0.2) is 5.69 Å². The fourth-order valence-corrected chi connectivity index (χ4v) is 5.31. The molecule has 1 saturated carbocycles. The van der Waals surface area contributed by atoms with Gasteiger partial charge < -0.3 is 10.2 Å². The van der Waals surface area contributed by atoms with Crippen molar-refractivity contribution in [2.45, 2.75) is 38.8 Å². The summed E-state index contributed by atoms with van der Waals surface area (Å²) in [5, 5.41) is 11.9. The number of piperidine rings is 2. The van der Waals surface area contributed by atoms with Crippen LogP contribution in [0.25, 0.3) is 16.7 Å². The predicted octanol–water partition coefficient (Wildman–Crippen LogP) is 3.27. The molecule has 9 heteroatoms. The number of amides is 1. The molecule has 2 bridgehead atoms. The van der Waals surface area contributed by atoms with Crippen molar-refractivity contribution in [1.29, 1.82) is 0 Å². The van der Waals surface area contributed by atoms with Crippen LogP contribution in [0.15, 0.2) is 55.0 Å². The van der Waals surface area contributed by atoms with Gasteiger partial charge in [0, 0.05) is 18.3 Å². The van der Waals surface area contributed by atoms with E-state index in [4.69, 9.17) is 4.98 Å². The number of para-hydroxylation sites is 2. The molecule has 3 aliphatic rings. The molecule has 9 nitrogen and oxygen atoms in total. The number of hydrogen-bond donors (Lipinski definition) is 1. The molecule has 3 aromatic heterocycles. The van der Waals surface area contributed by atoms with Crippen LogP contribution in [0.3, 0.4) is 0 Å². The van der Waals surface area contributed by atoms with Gasteiger partial charge in [0.1, 0.15) is 11.5 Å². The van der Waals surface area contributed by atoms with E-state index < -0.39 is 0 Å². The molecule has 34 heavy (non-hydrogen) atoms. The first-order valence-corrected chi connectivity index (χ1v) is 11.7. The summed E-state index contributed by atoms with van der Waals surface area (Å²) in [6, 6.07) is 11.8. The minimum atomic E-state index is -0.0672. The first-order valence-electron chi connectivity index (χ1n) is 11.7. The Bertz CT molecular complexity index is 1350. The highest BCUT2D eigenvalue weighted by Crippen LogP contribution is 2.47. The molecule has 2 unspecified atom stereocenters. The number of carbonyl (C=O) groups is 1.